The molecule has 0 saturated carbocycles. The highest BCUT2D eigenvalue weighted by molar-refractivity contribution is 7.90. The van der Waals surface area contributed by atoms with E-state index < -0.39 is 15.9 Å². The van der Waals surface area contributed by atoms with Crippen LogP contribution in [0.1, 0.15) is 10.4 Å². The number of methoxy groups -OCH3 is 2. The Morgan fingerprint density at radius 1 is 1.19 bits per heavy atom. The standard InChI is InChI=1S/C9H9NO5S/c1-14-5-3-6(15-2)8-7(4-5)16(12,13)10-9(8)11/h3-4H,1-2H3,(H,10,11). The van der Waals surface area contributed by atoms with E-state index in [-0.39, 0.29) is 16.2 Å². The van der Waals surface area contributed by atoms with Gasteiger partial charge in [-0.2, -0.15) is 0 Å². The van der Waals surface area contributed by atoms with Crippen molar-refractivity contribution in [1.82, 2.24) is 4.72 Å². The van der Waals surface area contributed by atoms with Gasteiger partial charge in [0.25, 0.3) is 15.9 Å². The maximum atomic E-state index is 11.6. The maximum Gasteiger partial charge on any atom is 0.270 e. The summed E-state index contributed by atoms with van der Waals surface area (Å²) in [7, 11) is -1.02. The number of carbonyl (C=O) groups excluding carboxylic acids is 1. The molecule has 0 unspecified atom stereocenters. The molecule has 1 heterocycles. The summed E-state index contributed by atoms with van der Waals surface area (Å²) in [4.78, 5) is 11.3. The lowest BCUT2D eigenvalue weighted by Crippen LogP contribution is -2.20. The van der Waals surface area contributed by atoms with Crippen LogP contribution < -0.4 is 14.2 Å². The molecule has 1 aliphatic rings. The monoisotopic (exact) mass is 243 g/mol. The van der Waals surface area contributed by atoms with Gasteiger partial charge in [0, 0.05) is 12.1 Å². The summed E-state index contributed by atoms with van der Waals surface area (Å²) < 4.78 is 34.9. The summed E-state index contributed by atoms with van der Waals surface area (Å²) >= 11 is 0. The average molecular weight is 243 g/mol. The Morgan fingerprint density at radius 2 is 1.88 bits per heavy atom. The Morgan fingerprint density at radius 3 is 2.44 bits per heavy atom. The topological polar surface area (TPSA) is 81.7 Å². The van der Waals surface area contributed by atoms with Crippen LogP contribution in [0.2, 0.25) is 0 Å². The molecule has 16 heavy (non-hydrogen) atoms. The Bertz CT molecular complexity index is 564. The third-order valence-corrected chi connectivity index (χ3v) is 3.59. The van der Waals surface area contributed by atoms with Crippen molar-refractivity contribution in [3.63, 3.8) is 0 Å². The van der Waals surface area contributed by atoms with Gasteiger partial charge in [0.2, 0.25) is 0 Å². The molecule has 6 nitrogen and oxygen atoms in total. The summed E-state index contributed by atoms with van der Waals surface area (Å²) in [5, 5.41) is 0. The lowest BCUT2D eigenvalue weighted by Gasteiger charge is -2.06. The fourth-order valence-electron chi connectivity index (χ4n) is 1.51. The molecular formula is C9H9NO5S. The molecule has 1 amide bonds. The van der Waals surface area contributed by atoms with Crippen LogP contribution in [0.3, 0.4) is 0 Å². The number of nitrogens with one attached hydrogen (secondary N) is 1. The van der Waals surface area contributed by atoms with Crippen molar-refractivity contribution in [3.8, 4) is 11.5 Å². The third kappa shape index (κ3) is 1.40. The van der Waals surface area contributed by atoms with Gasteiger partial charge < -0.3 is 9.47 Å². The number of amides is 1. The molecule has 7 heteroatoms. The average Bonchev–Trinajstić information content (AvgIpc) is 2.48. The van der Waals surface area contributed by atoms with Gasteiger partial charge in [-0.05, 0) is 0 Å². The molecule has 0 aromatic heterocycles. The van der Waals surface area contributed by atoms with Crippen LogP contribution >= 0.6 is 0 Å². The van der Waals surface area contributed by atoms with Crippen LogP contribution in [0, 0.1) is 0 Å². The zero-order chi connectivity index (χ0) is 11.9. The van der Waals surface area contributed by atoms with Crippen LogP contribution in [-0.2, 0) is 10.0 Å². The lowest BCUT2D eigenvalue weighted by atomic mass is 10.2. The quantitative estimate of drug-likeness (QED) is 0.798. The van der Waals surface area contributed by atoms with Gasteiger partial charge in [-0.3, -0.25) is 4.79 Å². The van der Waals surface area contributed by atoms with Crippen molar-refractivity contribution in [2.45, 2.75) is 4.90 Å². The molecule has 1 aromatic rings. The van der Waals surface area contributed by atoms with Crippen molar-refractivity contribution < 1.29 is 22.7 Å². The Hall–Kier alpha value is -1.76. The molecule has 1 aliphatic heterocycles. The Labute approximate surface area is 92.2 Å². The van der Waals surface area contributed by atoms with Gasteiger partial charge in [0.1, 0.15) is 22.0 Å². The second-order valence-electron chi connectivity index (χ2n) is 3.14. The zero-order valence-electron chi connectivity index (χ0n) is 8.60. The number of fused-ring (bicyclic) bond motifs is 1. The van der Waals surface area contributed by atoms with E-state index in [1.165, 1.54) is 26.4 Å². The SMILES string of the molecule is COc1cc(OC)c2c(c1)S(=O)(=O)NC2=O. The molecule has 0 fully saturated rings. The molecule has 86 valence electrons. The normalized spacial score (nSPS) is 16.5. The summed E-state index contributed by atoms with van der Waals surface area (Å²) in [5.41, 5.74) is 0.0169. The molecule has 0 spiro atoms. The minimum Gasteiger partial charge on any atom is -0.497 e. The summed E-state index contributed by atoms with van der Waals surface area (Å²) in [5.74, 6) is -0.196. The van der Waals surface area contributed by atoms with E-state index in [1.54, 1.807) is 0 Å². The van der Waals surface area contributed by atoms with E-state index in [9.17, 15) is 13.2 Å². The molecule has 1 aromatic carbocycles. The fourth-order valence-corrected chi connectivity index (χ4v) is 2.70. The van der Waals surface area contributed by atoms with E-state index in [0.29, 0.717) is 5.75 Å². The van der Waals surface area contributed by atoms with Crippen LogP contribution in [0.25, 0.3) is 0 Å². The van der Waals surface area contributed by atoms with Gasteiger partial charge in [-0.1, -0.05) is 0 Å². The predicted octanol–water partition coefficient (Wildman–Crippen LogP) is 0.136. The van der Waals surface area contributed by atoms with Crippen molar-refractivity contribution in [3.05, 3.63) is 17.7 Å². The lowest BCUT2D eigenvalue weighted by molar-refractivity contribution is 0.0982. The number of ether oxygens (including phenoxy) is 2. The molecule has 0 radical (unpaired) electrons. The second-order valence-corrected chi connectivity index (χ2v) is 4.79. The largest absolute Gasteiger partial charge is 0.497 e. The molecular weight excluding hydrogens is 234 g/mol. The molecule has 1 N–H and O–H groups in total. The summed E-state index contributed by atoms with van der Waals surface area (Å²) in [6.45, 7) is 0. The highest BCUT2D eigenvalue weighted by Gasteiger charge is 2.36. The highest BCUT2D eigenvalue weighted by atomic mass is 32.2. The zero-order valence-corrected chi connectivity index (χ0v) is 9.42. The van der Waals surface area contributed by atoms with Gasteiger partial charge in [-0.25, -0.2) is 13.1 Å². The van der Waals surface area contributed by atoms with Gasteiger partial charge in [-0.15, -0.1) is 0 Å². The van der Waals surface area contributed by atoms with E-state index in [2.05, 4.69) is 0 Å². The molecule has 0 bridgehead atoms. The van der Waals surface area contributed by atoms with Crippen molar-refractivity contribution in [2.24, 2.45) is 0 Å². The summed E-state index contributed by atoms with van der Waals surface area (Å²) in [6.07, 6.45) is 0. The first kappa shape index (κ1) is 10.7. The third-order valence-electron chi connectivity index (χ3n) is 2.24. The molecule has 0 saturated heterocycles. The number of sulfonamides is 1. The first-order chi connectivity index (χ1) is 7.49. The van der Waals surface area contributed by atoms with Gasteiger partial charge >= 0.3 is 0 Å². The van der Waals surface area contributed by atoms with Crippen LogP contribution in [0.5, 0.6) is 11.5 Å². The minimum absolute atomic E-state index is 0.0169. The maximum absolute atomic E-state index is 11.6. The first-order valence-corrected chi connectivity index (χ1v) is 5.81. The van der Waals surface area contributed by atoms with Crippen LogP contribution in [0.4, 0.5) is 0 Å². The van der Waals surface area contributed by atoms with Gasteiger partial charge in [0.15, 0.2) is 0 Å². The van der Waals surface area contributed by atoms with Crippen molar-refractivity contribution in [1.29, 1.82) is 0 Å². The first-order valence-electron chi connectivity index (χ1n) is 4.33. The number of hydrogen-bond donors (Lipinski definition) is 1. The Kier molecular flexibility index (Phi) is 2.27. The second kappa shape index (κ2) is 3.38. The number of rotatable bonds is 2. The summed E-state index contributed by atoms with van der Waals surface area (Å²) in [6, 6.07) is 2.74. The van der Waals surface area contributed by atoms with Crippen LogP contribution in [-0.4, -0.2) is 28.5 Å². The van der Waals surface area contributed by atoms with E-state index in [4.69, 9.17) is 9.47 Å². The number of benzene rings is 1. The fraction of sp³-hybridized carbons (Fsp3) is 0.222. The Balaban J connectivity index is 2.79. The predicted molar refractivity (Wildman–Crippen MR) is 54.2 cm³/mol. The number of hydrogen-bond acceptors (Lipinski definition) is 5. The van der Waals surface area contributed by atoms with E-state index in [0.717, 1.165) is 0 Å². The smallest absolute Gasteiger partial charge is 0.270 e. The van der Waals surface area contributed by atoms with Gasteiger partial charge in [0.05, 0.1) is 14.2 Å². The minimum atomic E-state index is -3.78. The number of carbonyl (C=O) groups is 1. The highest BCUT2D eigenvalue weighted by Crippen LogP contribution is 2.34. The van der Waals surface area contributed by atoms with Crippen molar-refractivity contribution >= 4 is 15.9 Å². The molecule has 2 rings (SSSR count). The molecule has 0 aliphatic carbocycles. The molecule has 0 atom stereocenters. The van der Waals surface area contributed by atoms with Crippen molar-refractivity contribution in [2.75, 3.05) is 14.2 Å². The van der Waals surface area contributed by atoms with E-state index in [1.807, 2.05) is 4.72 Å². The van der Waals surface area contributed by atoms with E-state index >= 15 is 0 Å². The van der Waals surface area contributed by atoms with Crippen LogP contribution in [0.15, 0.2) is 17.0 Å².